The van der Waals surface area contributed by atoms with Crippen molar-refractivity contribution in [2.24, 2.45) is 0 Å². The molecule has 162 valence electrons. The number of aryl methyl sites for hydroxylation is 1. The van der Waals surface area contributed by atoms with Crippen LogP contribution in [-0.4, -0.2) is 69.6 Å². The second kappa shape index (κ2) is 9.49. The molecule has 0 bridgehead atoms. The minimum atomic E-state index is -3.50. The standard InChI is InChI=1S/C22H29N3O4S/c1-18-4-6-19(7-5-18)16-25(30(3,27)28)17-22(26)24-14-12-23(13-15-24)20-8-10-21(29-2)11-9-20/h4-11H,12-17H2,1-3H3. The van der Waals surface area contributed by atoms with Crippen LogP contribution in [0.1, 0.15) is 11.1 Å². The van der Waals surface area contributed by atoms with Crippen molar-refractivity contribution in [2.45, 2.75) is 13.5 Å². The van der Waals surface area contributed by atoms with Crippen LogP contribution in [0.3, 0.4) is 0 Å². The molecule has 0 saturated carbocycles. The quantitative estimate of drug-likeness (QED) is 0.672. The molecule has 30 heavy (non-hydrogen) atoms. The van der Waals surface area contributed by atoms with Crippen molar-refractivity contribution in [3.8, 4) is 5.75 Å². The van der Waals surface area contributed by atoms with Gasteiger partial charge < -0.3 is 14.5 Å². The fraction of sp³-hybridized carbons (Fsp3) is 0.409. The summed E-state index contributed by atoms with van der Waals surface area (Å²) in [6.07, 6.45) is 1.15. The molecule has 7 nitrogen and oxygen atoms in total. The molecule has 3 rings (SSSR count). The maximum Gasteiger partial charge on any atom is 0.238 e. The molecular formula is C22H29N3O4S. The molecule has 0 unspecified atom stereocenters. The predicted molar refractivity (Wildman–Crippen MR) is 118 cm³/mol. The number of hydrogen-bond donors (Lipinski definition) is 0. The molecule has 2 aromatic carbocycles. The van der Waals surface area contributed by atoms with Crippen LogP contribution in [0.2, 0.25) is 0 Å². The Bertz CT molecular complexity index is 951. The van der Waals surface area contributed by atoms with Crippen LogP contribution in [-0.2, 0) is 21.4 Å². The minimum absolute atomic E-state index is 0.144. The van der Waals surface area contributed by atoms with E-state index in [2.05, 4.69) is 4.90 Å². The number of nitrogens with zero attached hydrogens (tertiary/aromatic N) is 3. The third-order valence-corrected chi connectivity index (χ3v) is 6.53. The molecular weight excluding hydrogens is 402 g/mol. The lowest BCUT2D eigenvalue weighted by Crippen LogP contribution is -2.51. The van der Waals surface area contributed by atoms with Crippen LogP contribution in [0, 0.1) is 6.92 Å². The second-order valence-corrected chi connectivity index (χ2v) is 9.56. The number of anilines is 1. The van der Waals surface area contributed by atoms with Gasteiger partial charge in [0.2, 0.25) is 15.9 Å². The highest BCUT2D eigenvalue weighted by molar-refractivity contribution is 7.88. The molecule has 1 amide bonds. The van der Waals surface area contributed by atoms with E-state index in [0.717, 1.165) is 28.8 Å². The van der Waals surface area contributed by atoms with Gasteiger partial charge in [-0.1, -0.05) is 29.8 Å². The van der Waals surface area contributed by atoms with Gasteiger partial charge in [-0.05, 0) is 36.8 Å². The lowest BCUT2D eigenvalue weighted by atomic mass is 10.1. The molecule has 8 heteroatoms. The summed E-state index contributed by atoms with van der Waals surface area (Å²) in [6.45, 7) is 4.56. The van der Waals surface area contributed by atoms with Gasteiger partial charge in [-0.3, -0.25) is 4.79 Å². The predicted octanol–water partition coefficient (Wildman–Crippen LogP) is 2.11. The van der Waals surface area contributed by atoms with E-state index in [-0.39, 0.29) is 19.0 Å². The van der Waals surface area contributed by atoms with Gasteiger partial charge >= 0.3 is 0 Å². The van der Waals surface area contributed by atoms with Crippen molar-refractivity contribution < 1.29 is 17.9 Å². The molecule has 0 atom stereocenters. The molecule has 2 aromatic rings. The average molecular weight is 432 g/mol. The SMILES string of the molecule is COc1ccc(N2CCN(C(=O)CN(Cc3ccc(C)cc3)S(C)(=O)=O)CC2)cc1. The zero-order valence-electron chi connectivity index (χ0n) is 17.7. The van der Waals surface area contributed by atoms with E-state index in [1.165, 1.54) is 4.31 Å². The molecule has 1 heterocycles. The van der Waals surface area contributed by atoms with Gasteiger partial charge in [0.1, 0.15) is 5.75 Å². The van der Waals surface area contributed by atoms with E-state index in [9.17, 15) is 13.2 Å². The van der Waals surface area contributed by atoms with Crippen molar-refractivity contribution >= 4 is 21.6 Å². The van der Waals surface area contributed by atoms with E-state index in [4.69, 9.17) is 4.74 Å². The summed E-state index contributed by atoms with van der Waals surface area (Å²) >= 11 is 0. The number of amides is 1. The number of carbonyl (C=O) groups is 1. The number of methoxy groups -OCH3 is 1. The highest BCUT2D eigenvalue weighted by atomic mass is 32.2. The Kier molecular flexibility index (Phi) is 6.99. The van der Waals surface area contributed by atoms with Crippen molar-refractivity contribution in [1.82, 2.24) is 9.21 Å². The van der Waals surface area contributed by atoms with Gasteiger partial charge in [0.25, 0.3) is 0 Å². The third kappa shape index (κ3) is 5.73. The fourth-order valence-corrected chi connectivity index (χ4v) is 4.17. The van der Waals surface area contributed by atoms with E-state index >= 15 is 0 Å². The summed E-state index contributed by atoms with van der Waals surface area (Å²) in [5.74, 6) is 0.643. The summed E-state index contributed by atoms with van der Waals surface area (Å²) < 4.78 is 30.9. The number of carbonyl (C=O) groups excluding carboxylic acids is 1. The maximum absolute atomic E-state index is 12.8. The number of sulfonamides is 1. The van der Waals surface area contributed by atoms with E-state index < -0.39 is 10.0 Å². The number of hydrogen-bond acceptors (Lipinski definition) is 5. The molecule has 1 aliphatic rings. The van der Waals surface area contributed by atoms with Gasteiger partial charge in [0.05, 0.1) is 19.9 Å². The largest absolute Gasteiger partial charge is 0.497 e. The second-order valence-electron chi connectivity index (χ2n) is 7.58. The van der Waals surface area contributed by atoms with Crippen molar-refractivity contribution in [3.63, 3.8) is 0 Å². The van der Waals surface area contributed by atoms with Gasteiger partial charge in [0, 0.05) is 38.4 Å². The summed E-state index contributed by atoms with van der Waals surface area (Å²) in [5.41, 5.74) is 3.05. The van der Waals surface area contributed by atoms with Crippen molar-refractivity contribution in [3.05, 3.63) is 59.7 Å². The lowest BCUT2D eigenvalue weighted by Gasteiger charge is -2.37. The van der Waals surface area contributed by atoms with Crippen LogP contribution in [0.5, 0.6) is 5.75 Å². The average Bonchev–Trinajstić information content (AvgIpc) is 2.74. The van der Waals surface area contributed by atoms with Crippen LogP contribution >= 0.6 is 0 Å². The van der Waals surface area contributed by atoms with E-state index in [1.807, 2.05) is 55.5 Å². The Labute approximate surface area is 178 Å². The van der Waals surface area contributed by atoms with Gasteiger partial charge in [-0.25, -0.2) is 8.42 Å². The first kappa shape index (κ1) is 22.1. The van der Waals surface area contributed by atoms with Crippen molar-refractivity contribution in [2.75, 3.05) is 51.0 Å². The molecule has 0 spiro atoms. The Morgan fingerprint density at radius 1 is 1.00 bits per heavy atom. The minimum Gasteiger partial charge on any atom is -0.497 e. The zero-order chi connectivity index (χ0) is 21.7. The Morgan fingerprint density at radius 2 is 1.60 bits per heavy atom. The monoisotopic (exact) mass is 431 g/mol. The molecule has 1 saturated heterocycles. The summed E-state index contributed by atoms with van der Waals surface area (Å²) in [4.78, 5) is 16.8. The normalized spacial score (nSPS) is 14.8. The van der Waals surface area contributed by atoms with Crippen LogP contribution in [0.25, 0.3) is 0 Å². The van der Waals surface area contributed by atoms with Gasteiger partial charge in [0.15, 0.2) is 0 Å². The van der Waals surface area contributed by atoms with E-state index in [0.29, 0.717) is 26.2 Å². The number of rotatable bonds is 7. The summed E-state index contributed by atoms with van der Waals surface area (Å²) in [5, 5.41) is 0. The maximum atomic E-state index is 12.8. The number of benzene rings is 2. The van der Waals surface area contributed by atoms with Crippen LogP contribution in [0.15, 0.2) is 48.5 Å². The molecule has 1 aliphatic heterocycles. The molecule has 0 radical (unpaired) electrons. The Balaban J connectivity index is 1.59. The Morgan fingerprint density at radius 3 is 2.13 bits per heavy atom. The highest BCUT2D eigenvalue weighted by Gasteiger charge is 2.26. The topological polar surface area (TPSA) is 70.2 Å². The summed E-state index contributed by atoms with van der Waals surface area (Å²) in [6, 6.07) is 15.5. The first-order chi connectivity index (χ1) is 14.3. The molecule has 0 N–H and O–H groups in total. The van der Waals surface area contributed by atoms with Gasteiger partial charge in [-0.2, -0.15) is 4.31 Å². The molecule has 0 aliphatic carbocycles. The number of piperazine rings is 1. The number of ether oxygens (including phenoxy) is 1. The summed E-state index contributed by atoms with van der Waals surface area (Å²) in [7, 11) is -1.87. The first-order valence-electron chi connectivity index (χ1n) is 9.94. The fourth-order valence-electron chi connectivity index (χ4n) is 3.45. The highest BCUT2D eigenvalue weighted by Crippen LogP contribution is 2.20. The van der Waals surface area contributed by atoms with Crippen molar-refractivity contribution in [1.29, 1.82) is 0 Å². The zero-order valence-corrected chi connectivity index (χ0v) is 18.6. The smallest absolute Gasteiger partial charge is 0.238 e. The van der Waals surface area contributed by atoms with E-state index in [1.54, 1.807) is 12.0 Å². The van der Waals surface area contributed by atoms with Gasteiger partial charge in [-0.15, -0.1) is 0 Å². The van der Waals surface area contributed by atoms with Crippen LogP contribution in [0.4, 0.5) is 5.69 Å². The molecule has 0 aromatic heterocycles. The lowest BCUT2D eigenvalue weighted by molar-refractivity contribution is -0.131. The first-order valence-corrected chi connectivity index (χ1v) is 11.8. The third-order valence-electron chi connectivity index (χ3n) is 5.33. The Hall–Kier alpha value is -2.58. The molecule has 1 fully saturated rings. The van der Waals surface area contributed by atoms with Crippen LogP contribution < -0.4 is 9.64 Å².